The highest BCUT2D eigenvalue weighted by molar-refractivity contribution is 9.08. The molecule has 1 rings (SSSR count). The van der Waals surface area contributed by atoms with E-state index in [2.05, 4.69) is 15.9 Å². The van der Waals surface area contributed by atoms with Crippen LogP contribution in [-0.4, -0.2) is 13.7 Å². The van der Waals surface area contributed by atoms with Crippen LogP contribution in [0.1, 0.15) is 18.9 Å². The maximum absolute atomic E-state index is 6.10. The number of ether oxygens (including phenoxy) is 2. The molecule has 1 aromatic rings. The van der Waals surface area contributed by atoms with Crippen LogP contribution in [0.3, 0.4) is 0 Å². The Balaban J connectivity index is 3.01. The van der Waals surface area contributed by atoms with Crippen LogP contribution >= 0.6 is 27.5 Å². The fraction of sp³-hybridized carbons (Fsp3) is 0.455. The predicted octanol–water partition coefficient (Wildman–Crippen LogP) is 4.03. The number of halogens is 2. The Hall–Kier alpha value is -0.410. The molecule has 0 aromatic heterocycles. The van der Waals surface area contributed by atoms with Crippen LogP contribution in [0.4, 0.5) is 0 Å². The monoisotopic (exact) mass is 292 g/mol. The maximum Gasteiger partial charge on any atom is 0.179 e. The number of rotatable bonds is 5. The van der Waals surface area contributed by atoms with Gasteiger partial charge in [0, 0.05) is 5.33 Å². The van der Waals surface area contributed by atoms with Crippen LogP contribution in [0.2, 0.25) is 5.02 Å². The Morgan fingerprint density at radius 3 is 2.67 bits per heavy atom. The summed E-state index contributed by atoms with van der Waals surface area (Å²) in [5, 5.41) is 1.34. The van der Waals surface area contributed by atoms with E-state index in [9.17, 15) is 0 Å². The lowest BCUT2D eigenvalue weighted by Gasteiger charge is -2.12. The highest BCUT2D eigenvalue weighted by Gasteiger charge is 2.11. The van der Waals surface area contributed by atoms with E-state index in [1.807, 2.05) is 19.1 Å². The molecule has 15 heavy (non-hydrogen) atoms. The highest BCUT2D eigenvalue weighted by atomic mass is 79.9. The van der Waals surface area contributed by atoms with Crippen molar-refractivity contribution in [2.75, 3.05) is 13.7 Å². The first-order valence-corrected chi connectivity index (χ1v) is 6.28. The summed E-state index contributed by atoms with van der Waals surface area (Å²) in [6, 6.07) is 3.80. The molecule has 0 saturated carbocycles. The largest absolute Gasteiger partial charge is 0.493 e. The summed E-state index contributed by atoms with van der Waals surface area (Å²) in [7, 11) is 1.61. The van der Waals surface area contributed by atoms with Crippen LogP contribution in [0.15, 0.2) is 12.1 Å². The van der Waals surface area contributed by atoms with Gasteiger partial charge < -0.3 is 9.47 Å². The molecule has 0 atom stereocenters. The van der Waals surface area contributed by atoms with E-state index in [1.165, 1.54) is 0 Å². The fourth-order valence-electron chi connectivity index (χ4n) is 1.19. The molecule has 0 aliphatic rings. The van der Waals surface area contributed by atoms with E-state index in [0.29, 0.717) is 23.1 Å². The Morgan fingerprint density at radius 1 is 1.40 bits per heavy atom. The zero-order chi connectivity index (χ0) is 11.3. The minimum absolute atomic E-state index is 0.595. The second kappa shape index (κ2) is 6.23. The van der Waals surface area contributed by atoms with E-state index >= 15 is 0 Å². The summed E-state index contributed by atoms with van der Waals surface area (Å²) in [6.07, 6.45) is 0.944. The van der Waals surface area contributed by atoms with Crippen LogP contribution in [0, 0.1) is 0 Å². The van der Waals surface area contributed by atoms with Crippen molar-refractivity contribution >= 4 is 27.5 Å². The quantitative estimate of drug-likeness (QED) is 0.763. The van der Waals surface area contributed by atoms with Gasteiger partial charge in [-0.3, -0.25) is 0 Å². The standard InChI is InChI=1S/C11H14BrClO2/c1-3-4-15-11-9(13)5-8(7-12)6-10(11)14-2/h5-6H,3-4,7H2,1-2H3. The molecule has 1 aromatic carbocycles. The summed E-state index contributed by atoms with van der Waals surface area (Å²) in [4.78, 5) is 0. The van der Waals surface area contributed by atoms with Crippen LogP contribution < -0.4 is 9.47 Å². The van der Waals surface area contributed by atoms with Crippen LogP contribution in [0.25, 0.3) is 0 Å². The van der Waals surface area contributed by atoms with Crippen molar-refractivity contribution in [2.24, 2.45) is 0 Å². The van der Waals surface area contributed by atoms with Gasteiger partial charge in [-0.15, -0.1) is 0 Å². The normalized spacial score (nSPS) is 10.1. The molecular formula is C11H14BrClO2. The Morgan fingerprint density at radius 2 is 2.13 bits per heavy atom. The molecule has 0 amide bonds. The smallest absolute Gasteiger partial charge is 0.179 e. The van der Waals surface area contributed by atoms with Gasteiger partial charge in [-0.25, -0.2) is 0 Å². The minimum Gasteiger partial charge on any atom is -0.493 e. The lowest BCUT2D eigenvalue weighted by atomic mass is 10.2. The molecule has 2 nitrogen and oxygen atoms in total. The number of methoxy groups -OCH3 is 1. The Kier molecular flexibility index (Phi) is 5.26. The van der Waals surface area contributed by atoms with Gasteiger partial charge in [0.2, 0.25) is 0 Å². The molecule has 0 N–H and O–H groups in total. The third-order valence-corrected chi connectivity index (χ3v) is 2.82. The molecule has 4 heteroatoms. The van der Waals surface area contributed by atoms with Gasteiger partial charge in [0.15, 0.2) is 11.5 Å². The van der Waals surface area contributed by atoms with Gasteiger partial charge >= 0.3 is 0 Å². The van der Waals surface area contributed by atoms with E-state index < -0.39 is 0 Å². The van der Waals surface area contributed by atoms with Crippen molar-refractivity contribution in [2.45, 2.75) is 18.7 Å². The van der Waals surface area contributed by atoms with Crippen molar-refractivity contribution in [3.05, 3.63) is 22.7 Å². The molecule has 0 heterocycles. The fourth-order valence-corrected chi connectivity index (χ4v) is 1.81. The van der Waals surface area contributed by atoms with Crippen molar-refractivity contribution in [3.8, 4) is 11.5 Å². The predicted molar refractivity (Wildman–Crippen MR) is 66.4 cm³/mol. The summed E-state index contributed by atoms with van der Waals surface area (Å²) in [6.45, 7) is 2.69. The molecule has 0 saturated heterocycles. The summed E-state index contributed by atoms with van der Waals surface area (Å²) in [5.74, 6) is 1.32. The van der Waals surface area contributed by atoms with Crippen molar-refractivity contribution in [1.29, 1.82) is 0 Å². The number of hydrogen-bond acceptors (Lipinski definition) is 2. The lowest BCUT2D eigenvalue weighted by molar-refractivity contribution is 0.294. The molecule has 0 spiro atoms. The SMILES string of the molecule is CCCOc1c(Cl)cc(CBr)cc1OC. The van der Waals surface area contributed by atoms with Gasteiger partial charge in [-0.1, -0.05) is 34.5 Å². The summed E-state index contributed by atoms with van der Waals surface area (Å²) >= 11 is 9.48. The topological polar surface area (TPSA) is 18.5 Å². The van der Waals surface area contributed by atoms with E-state index in [4.69, 9.17) is 21.1 Å². The molecule has 0 bridgehead atoms. The first-order valence-electron chi connectivity index (χ1n) is 4.78. The van der Waals surface area contributed by atoms with Crippen molar-refractivity contribution in [1.82, 2.24) is 0 Å². The summed E-state index contributed by atoms with van der Waals surface area (Å²) < 4.78 is 10.8. The first kappa shape index (κ1) is 12.7. The third-order valence-electron chi connectivity index (χ3n) is 1.89. The zero-order valence-corrected chi connectivity index (χ0v) is 11.2. The Bertz CT molecular complexity index is 329. The highest BCUT2D eigenvalue weighted by Crippen LogP contribution is 2.36. The van der Waals surface area contributed by atoms with Gasteiger partial charge in [0.1, 0.15) is 0 Å². The lowest BCUT2D eigenvalue weighted by Crippen LogP contribution is -1.99. The second-order valence-corrected chi connectivity index (χ2v) is 4.06. The van der Waals surface area contributed by atoms with Crippen molar-refractivity contribution in [3.63, 3.8) is 0 Å². The van der Waals surface area contributed by atoms with Crippen molar-refractivity contribution < 1.29 is 9.47 Å². The molecule has 0 aliphatic heterocycles. The molecule has 84 valence electrons. The second-order valence-electron chi connectivity index (χ2n) is 3.09. The van der Waals surface area contributed by atoms with E-state index in [-0.39, 0.29) is 0 Å². The van der Waals surface area contributed by atoms with Gasteiger partial charge in [-0.05, 0) is 24.1 Å². The van der Waals surface area contributed by atoms with Gasteiger partial charge in [0.05, 0.1) is 18.7 Å². The maximum atomic E-state index is 6.10. The zero-order valence-electron chi connectivity index (χ0n) is 8.85. The Labute approximate surface area is 104 Å². The minimum atomic E-state index is 0.595. The average molecular weight is 294 g/mol. The number of benzene rings is 1. The molecule has 0 aliphatic carbocycles. The molecular weight excluding hydrogens is 279 g/mol. The molecule has 0 radical (unpaired) electrons. The molecule has 0 unspecified atom stereocenters. The first-order chi connectivity index (χ1) is 7.22. The summed E-state index contributed by atoms with van der Waals surface area (Å²) in [5.41, 5.74) is 1.07. The van der Waals surface area contributed by atoms with Crippen LogP contribution in [-0.2, 0) is 5.33 Å². The number of alkyl halides is 1. The van der Waals surface area contributed by atoms with Gasteiger partial charge in [0.25, 0.3) is 0 Å². The average Bonchev–Trinajstić information content (AvgIpc) is 2.26. The third kappa shape index (κ3) is 3.28. The van der Waals surface area contributed by atoms with Gasteiger partial charge in [-0.2, -0.15) is 0 Å². The number of hydrogen-bond donors (Lipinski definition) is 0. The van der Waals surface area contributed by atoms with Crippen LogP contribution in [0.5, 0.6) is 11.5 Å². The van der Waals surface area contributed by atoms with E-state index in [0.717, 1.165) is 17.3 Å². The van der Waals surface area contributed by atoms with E-state index in [1.54, 1.807) is 7.11 Å². The molecule has 0 fully saturated rings.